The van der Waals surface area contributed by atoms with Gasteiger partial charge in [-0.2, -0.15) is 0 Å². The molecule has 0 aromatic heterocycles. The molecule has 5 rings (SSSR count). The van der Waals surface area contributed by atoms with E-state index in [1.54, 1.807) is 86.6 Å². The fourth-order valence-electron chi connectivity index (χ4n) is 4.64. The molecule has 4 aromatic carbocycles. The molecule has 0 bridgehead atoms. The van der Waals surface area contributed by atoms with Crippen LogP contribution in [0.2, 0.25) is 10.0 Å². The maximum absolute atomic E-state index is 13.8. The van der Waals surface area contributed by atoms with E-state index in [9.17, 15) is 14.4 Å². The first-order valence-corrected chi connectivity index (χ1v) is 13.8. The summed E-state index contributed by atoms with van der Waals surface area (Å²) in [4.78, 5) is 43.5. The number of para-hydroxylation sites is 2. The molecule has 9 heteroatoms. The molecule has 42 heavy (non-hydrogen) atoms. The second kappa shape index (κ2) is 12.1. The Kier molecular flexibility index (Phi) is 8.34. The Morgan fingerprint density at radius 3 is 1.88 bits per heavy atom. The van der Waals surface area contributed by atoms with E-state index < -0.39 is 17.8 Å². The number of imide groups is 2. The summed E-state index contributed by atoms with van der Waals surface area (Å²) in [5, 5.41) is 0.998. The fourth-order valence-corrected chi connectivity index (χ4v) is 5.10. The van der Waals surface area contributed by atoms with Gasteiger partial charge in [-0.05, 0) is 73.0 Å². The minimum Gasteiger partial charge on any atom is -0.493 e. The zero-order chi connectivity index (χ0) is 30.0. The quantitative estimate of drug-likeness (QED) is 0.160. The predicted octanol–water partition coefficient (Wildman–Crippen LogP) is 7.78. The van der Waals surface area contributed by atoms with Crippen LogP contribution in [0.5, 0.6) is 11.5 Å². The normalized spacial score (nSPS) is 13.5. The standard InChI is InChI=1S/C33H26Cl2N2O5/c1-20-8-4-6-10-27(20)36-31(38)25(32(39)37(33(36)40)28-11-7-5-9-21(28)2)16-22-12-15-29(30(17-22)41-3)42-19-23-13-14-24(34)18-26(23)35/h4-18H,19H2,1-3H3. The van der Waals surface area contributed by atoms with Gasteiger partial charge in [0.15, 0.2) is 11.5 Å². The lowest BCUT2D eigenvalue weighted by atomic mass is 10.0. The number of amides is 4. The van der Waals surface area contributed by atoms with Gasteiger partial charge in [0.1, 0.15) is 12.2 Å². The van der Waals surface area contributed by atoms with E-state index >= 15 is 0 Å². The molecule has 0 spiro atoms. The van der Waals surface area contributed by atoms with Gasteiger partial charge in [0.2, 0.25) is 0 Å². The van der Waals surface area contributed by atoms with Crippen molar-refractivity contribution >= 4 is 58.5 Å². The van der Waals surface area contributed by atoms with E-state index in [0.717, 1.165) is 15.4 Å². The summed E-state index contributed by atoms with van der Waals surface area (Å²) in [6, 6.07) is 23.5. The van der Waals surface area contributed by atoms with Crippen LogP contribution in [0.4, 0.5) is 16.2 Å². The van der Waals surface area contributed by atoms with Gasteiger partial charge in [0, 0.05) is 15.6 Å². The highest BCUT2D eigenvalue weighted by atomic mass is 35.5. The molecule has 1 heterocycles. The van der Waals surface area contributed by atoms with E-state index in [1.807, 2.05) is 12.1 Å². The summed E-state index contributed by atoms with van der Waals surface area (Å²) in [7, 11) is 1.49. The number of rotatable bonds is 7. The van der Waals surface area contributed by atoms with Crippen LogP contribution in [0.1, 0.15) is 22.3 Å². The molecule has 212 valence electrons. The van der Waals surface area contributed by atoms with Gasteiger partial charge >= 0.3 is 6.03 Å². The summed E-state index contributed by atoms with van der Waals surface area (Å²) in [6.45, 7) is 3.77. The van der Waals surface area contributed by atoms with Crippen molar-refractivity contribution in [1.82, 2.24) is 0 Å². The molecular weight excluding hydrogens is 575 g/mol. The van der Waals surface area contributed by atoms with Crippen LogP contribution >= 0.6 is 23.2 Å². The monoisotopic (exact) mass is 600 g/mol. The van der Waals surface area contributed by atoms with Crippen LogP contribution in [0, 0.1) is 13.8 Å². The Morgan fingerprint density at radius 1 is 0.738 bits per heavy atom. The van der Waals surface area contributed by atoms with E-state index in [-0.39, 0.29) is 12.2 Å². The Labute approximate surface area is 253 Å². The molecule has 1 aliphatic rings. The topological polar surface area (TPSA) is 76.2 Å². The summed E-state index contributed by atoms with van der Waals surface area (Å²) in [5.41, 5.74) is 3.28. The maximum atomic E-state index is 13.8. The molecule has 0 N–H and O–H groups in total. The van der Waals surface area contributed by atoms with Crippen LogP contribution in [0.3, 0.4) is 0 Å². The number of carbonyl (C=O) groups excluding carboxylic acids is 3. The zero-order valence-electron chi connectivity index (χ0n) is 23.1. The van der Waals surface area contributed by atoms with Crippen molar-refractivity contribution < 1.29 is 23.9 Å². The molecule has 0 radical (unpaired) electrons. The SMILES string of the molecule is COc1cc(C=C2C(=O)N(c3ccccc3C)C(=O)N(c3ccccc3C)C2=O)ccc1OCc1ccc(Cl)cc1Cl. The minimum atomic E-state index is -0.743. The van der Waals surface area contributed by atoms with Crippen molar-refractivity contribution in [2.75, 3.05) is 16.9 Å². The molecule has 0 saturated carbocycles. The van der Waals surface area contributed by atoms with Crippen LogP contribution in [-0.4, -0.2) is 25.0 Å². The molecule has 4 amide bonds. The number of carbonyl (C=O) groups is 3. The summed E-state index contributed by atoms with van der Waals surface area (Å²) in [6.07, 6.45) is 1.45. The van der Waals surface area contributed by atoms with Gasteiger partial charge in [0.25, 0.3) is 11.8 Å². The van der Waals surface area contributed by atoms with Crippen molar-refractivity contribution in [3.05, 3.63) is 123 Å². The van der Waals surface area contributed by atoms with Crippen molar-refractivity contribution in [2.24, 2.45) is 0 Å². The number of halogens is 2. The third kappa shape index (κ3) is 5.62. The first-order chi connectivity index (χ1) is 20.2. The number of hydrogen-bond acceptors (Lipinski definition) is 5. The smallest absolute Gasteiger partial charge is 0.343 e. The zero-order valence-corrected chi connectivity index (χ0v) is 24.6. The highest BCUT2D eigenvalue weighted by Crippen LogP contribution is 2.35. The molecule has 0 aliphatic carbocycles. The van der Waals surface area contributed by atoms with Gasteiger partial charge in [-0.1, -0.05) is 71.7 Å². The highest BCUT2D eigenvalue weighted by Gasteiger charge is 2.44. The largest absolute Gasteiger partial charge is 0.493 e. The molecule has 0 atom stereocenters. The van der Waals surface area contributed by atoms with Gasteiger partial charge in [-0.25, -0.2) is 14.6 Å². The lowest BCUT2D eigenvalue weighted by Gasteiger charge is -2.35. The van der Waals surface area contributed by atoms with Crippen molar-refractivity contribution in [3.8, 4) is 11.5 Å². The molecule has 0 unspecified atom stereocenters. The number of ether oxygens (including phenoxy) is 2. The second-order valence-electron chi connectivity index (χ2n) is 9.63. The number of barbiturate groups is 1. The Morgan fingerprint density at radius 2 is 1.33 bits per heavy atom. The van der Waals surface area contributed by atoms with E-state index in [2.05, 4.69) is 0 Å². The lowest BCUT2D eigenvalue weighted by molar-refractivity contribution is -0.121. The highest BCUT2D eigenvalue weighted by molar-refractivity contribution is 6.46. The Balaban J connectivity index is 1.54. The molecule has 1 aliphatic heterocycles. The summed E-state index contributed by atoms with van der Waals surface area (Å²) < 4.78 is 11.5. The van der Waals surface area contributed by atoms with Crippen LogP contribution in [0.15, 0.2) is 90.5 Å². The van der Waals surface area contributed by atoms with Gasteiger partial charge < -0.3 is 9.47 Å². The Bertz CT molecular complexity index is 1680. The average molecular weight is 601 g/mol. The van der Waals surface area contributed by atoms with E-state index in [4.69, 9.17) is 32.7 Å². The number of hydrogen-bond donors (Lipinski definition) is 0. The maximum Gasteiger partial charge on any atom is 0.343 e. The first-order valence-electron chi connectivity index (χ1n) is 13.0. The summed E-state index contributed by atoms with van der Waals surface area (Å²) in [5.74, 6) is -0.625. The minimum absolute atomic E-state index is 0.169. The van der Waals surface area contributed by atoms with Crippen molar-refractivity contribution in [2.45, 2.75) is 20.5 Å². The van der Waals surface area contributed by atoms with Crippen LogP contribution in [0.25, 0.3) is 6.08 Å². The number of urea groups is 1. The van der Waals surface area contributed by atoms with Gasteiger partial charge in [-0.3, -0.25) is 9.59 Å². The summed E-state index contributed by atoms with van der Waals surface area (Å²) >= 11 is 12.3. The number of nitrogens with zero attached hydrogens (tertiary/aromatic N) is 2. The second-order valence-corrected chi connectivity index (χ2v) is 10.5. The number of methoxy groups -OCH3 is 1. The van der Waals surface area contributed by atoms with Crippen molar-refractivity contribution in [1.29, 1.82) is 0 Å². The lowest BCUT2D eigenvalue weighted by Crippen LogP contribution is -2.57. The van der Waals surface area contributed by atoms with Crippen LogP contribution in [-0.2, 0) is 16.2 Å². The number of benzene rings is 4. The molecular formula is C33H26Cl2N2O5. The van der Waals surface area contributed by atoms with E-state index in [0.29, 0.717) is 49.6 Å². The van der Waals surface area contributed by atoms with Gasteiger partial charge in [0.05, 0.1) is 18.5 Å². The fraction of sp³-hybridized carbons (Fsp3) is 0.121. The molecule has 1 saturated heterocycles. The molecule has 7 nitrogen and oxygen atoms in total. The Hall–Kier alpha value is -4.59. The van der Waals surface area contributed by atoms with Crippen molar-refractivity contribution in [3.63, 3.8) is 0 Å². The number of aryl methyl sites for hydroxylation is 2. The average Bonchev–Trinajstić information content (AvgIpc) is 2.97. The predicted molar refractivity (Wildman–Crippen MR) is 164 cm³/mol. The molecule has 1 fully saturated rings. The number of anilines is 2. The first kappa shape index (κ1) is 28.9. The van der Waals surface area contributed by atoms with Crippen LogP contribution < -0.4 is 19.3 Å². The third-order valence-corrected chi connectivity index (χ3v) is 7.45. The van der Waals surface area contributed by atoms with E-state index in [1.165, 1.54) is 13.2 Å². The molecule has 4 aromatic rings. The third-order valence-electron chi connectivity index (χ3n) is 6.86. The van der Waals surface area contributed by atoms with Gasteiger partial charge in [-0.15, -0.1) is 0 Å².